The zero-order valence-corrected chi connectivity index (χ0v) is 19.0. The highest BCUT2D eigenvalue weighted by molar-refractivity contribution is 7.88. The number of halogens is 1. The van der Waals surface area contributed by atoms with Crippen LogP contribution in [0.2, 0.25) is 0 Å². The third kappa shape index (κ3) is 5.57. The summed E-state index contributed by atoms with van der Waals surface area (Å²) in [6.07, 6.45) is 6.82. The van der Waals surface area contributed by atoms with E-state index in [-0.39, 0.29) is 18.2 Å². The van der Waals surface area contributed by atoms with Gasteiger partial charge < -0.3 is 14.7 Å². The summed E-state index contributed by atoms with van der Waals surface area (Å²) in [6.45, 7) is 0.855. The highest BCUT2D eigenvalue weighted by Gasteiger charge is 2.38. The van der Waals surface area contributed by atoms with Crippen molar-refractivity contribution in [1.82, 2.24) is 9.71 Å². The number of aromatic hydroxyl groups is 1. The predicted octanol–water partition coefficient (Wildman–Crippen LogP) is 3.17. The lowest BCUT2D eigenvalue weighted by molar-refractivity contribution is 0.0156. The Bertz CT molecular complexity index is 1010. The molecule has 0 amide bonds. The number of hydrogen-bond donors (Lipinski definition) is 2. The Balaban J connectivity index is 1.41. The lowest BCUT2D eigenvalue weighted by atomic mass is 9.83. The van der Waals surface area contributed by atoms with Crippen molar-refractivity contribution in [3.05, 3.63) is 54.0 Å². The minimum absolute atomic E-state index is 0.117. The number of ether oxygens (including phenoxy) is 1. The van der Waals surface area contributed by atoms with E-state index in [1.54, 1.807) is 0 Å². The molecule has 1 aromatic carbocycles. The molecule has 0 radical (unpaired) electrons. The van der Waals surface area contributed by atoms with Crippen molar-refractivity contribution in [3.63, 3.8) is 0 Å². The van der Waals surface area contributed by atoms with Gasteiger partial charge in [0.25, 0.3) is 0 Å². The van der Waals surface area contributed by atoms with Crippen molar-refractivity contribution in [2.75, 3.05) is 24.3 Å². The maximum Gasteiger partial charge on any atom is 0.209 e. The van der Waals surface area contributed by atoms with Crippen LogP contribution in [-0.4, -0.2) is 56.1 Å². The molecule has 2 aromatic rings. The summed E-state index contributed by atoms with van der Waals surface area (Å²) in [5.74, 6) is -0.316. The fourth-order valence-corrected chi connectivity index (χ4v) is 5.68. The second-order valence-electron chi connectivity index (χ2n) is 8.76. The maximum absolute atomic E-state index is 13.5. The van der Waals surface area contributed by atoms with Crippen molar-refractivity contribution in [2.24, 2.45) is 0 Å². The molecule has 0 unspecified atom stereocenters. The van der Waals surface area contributed by atoms with Crippen LogP contribution in [0, 0.1) is 5.82 Å². The first kappa shape index (κ1) is 22.9. The van der Waals surface area contributed by atoms with Crippen molar-refractivity contribution < 1.29 is 22.7 Å². The molecule has 2 N–H and O–H groups in total. The summed E-state index contributed by atoms with van der Waals surface area (Å²) in [7, 11) is -3.40. The first-order valence-electron chi connectivity index (χ1n) is 11.0. The molecule has 174 valence electrons. The van der Waals surface area contributed by atoms with Gasteiger partial charge in [0.05, 0.1) is 31.2 Å². The fraction of sp³-hybridized carbons (Fsp3) is 0.522. The van der Waals surface area contributed by atoms with Gasteiger partial charge in [-0.2, -0.15) is 0 Å². The first-order valence-corrected chi connectivity index (χ1v) is 12.9. The summed E-state index contributed by atoms with van der Waals surface area (Å²) >= 11 is 0. The molecule has 1 aliphatic carbocycles. The molecule has 32 heavy (non-hydrogen) atoms. The van der Waals surface area contributed by atoms with E-state index in [4.69, 9.17) is 4.74 Å². The minimum atomic E-state index is -3.40. The van der Waals surface area contributed by atoms with Crippen LogP contribution in [-0.2, 0) is 14.8 Å². The molecule has 0 bridgehead atoms. The first-order chi connectivity index (χ1) is 15.3. The third-order valence-electron chi connectivity index (χ3n) is 6.47. The van der Waals surface area contributed by atoms with E-state index in [1.807, 2.05) is 11.0 Å². The fourth-order valence-electron chi connectivity index (χ4n) is 4.85. The van der Waals surface area contributed by atoms with Crippen LogP contribution in [0.15, 0.2) is 42.6 Å². The molecular formula is C23H30FN3O4S. The zero-order chi connectivity index (χ0) is 22.7. The number of benzene rings is 1. The second kappa shape index (κ2) is 9.72. The summed E-state index contributed by atoms with van der Waals surface area (Å²) in [6, 6.07) is 11.2. The van der Waals surface area contributed by atoms with E-state index in [0.29, 0.717) is 31.3 Å². The summed E-state index contributed by atoms with van der Waals surface area (Å²) < 4.78 is 46.2. The normalized spacial score (nSPS) is 26.4. The van der Waals surface area contributed by atoms with Gasteiger partial charge in [-0.15, -0.1) is 0 Å². The van der Waals surface area contributed by atoms with E-state index in [0.717, 1.165) is 38.1 Å². The number of anilines is 1. The molecule has 1 saturated heterocycles. The number of nitrogens with one attached hydrogen (secondary N) is 1. The van der Waals surface area contributed by atoms with Gasteiger partial charge in [0.2, 0.25) is 10.0 Å². The van der Waals surface area contributed by atoms with Crippen molar-refractivity contribution >= 4 is 15.8 Å². The average Bonchev–Trinajstić information content (AvgIpc) is 3.16. The predicted molar refractivity (Wildman–Crippen MR) is 121 cm³/mol. The molecule has 1 aromatic heterocycles. The largest absolute Gasteiger partial charge is 0.505 e. The Morgan fingerprint density at radius 2 is 1.91 bits per heavy atom. The lowest BCUT2D eigenvalue weighted by Crippen LogP contribution is -2.48. The number of aromatic nitrogens is 1. The van der Waals surface area contributed by atoms with Crippen molar-refractivity contribution in [1.29, 1.82) is 0 Å². The van der Waals surface area contributed by atoms with E-state index in [9.17, 15) is 17.9 Å². The minimum Gasteiger partial charge on any atom is -0.505 e. The monoisotopic (exact) mass is 463 g/mol. The molecular weight excluding hydrogens is 433 g/mol. The van der Waals surface area contributed by atoms with Crippen LogP contribution in [0.25, 0.3) is 0 Å². The molecule has 2 fully saturated rings. The van der Waals surface area contributed by atoms with Crippen LogP contribution in [0.5, 0.6) is 5.75 Å². The third-order valence-corrected chi connectivity index (χ3v) is 7.20. The summed E-state index contributed by atoms with van der Waals surface area (Å²) in [5.41, 5.74) is 1.37. The number of hydrogen-bond acceptors (Lipinski definition) is 6. The van der Waals surface area contributed by atoms with Crippen LogP contribution in [0.1, 0.15) is 43.6 Å². The van der Waals surface area contributed by atoms with Crippen LogP contribution < -0.4 is 9.62 Å². The SMILES string of the molecule is CS(=O)(=O)N[C@H]1CCN(c2cc(O)c(F)cn2)[C@H]1CO[C@H]1CC[C@@H](c2ccccc2)CC1. The van der Waals surface area contributed by atoms with Gasteiger partial charge in [-0.1, -0.05) is 30.3 Å². The highest BCUT2D eigenvalue weighted by Crippen LogP contribution is 2.35. The smallest absolute Gasteiger partial charge is 0.209 e. The van der Waals surface area contributed by atoms with E-state index in [2.05, 4.69) is 34.0 Å². The molecule has 2 aliphatic rings. The molecule has 1 aliphatic heterocycles. The number of nitrogens with zero attached hydrogens (tertiary/aromatic N) is 2. The molecule has 2 atom stereocenters. The second-order valence-corrected chi connectivity index (χ2v) is 10.5. The number of pyridine rings is 1. The zero-order valence-electron chi connectivity index (χ0n) is 18.2. The van der Waals surface area contributed by atoms with Gasteiger partial charge in [0.1, 0.15) is 5.82 Å². The van der Waals surface area contributed by atoms with Gasteiger partial charge in [-0.3, -0.25) is 0 Å². The Kier molecular flexibility index (Phi) is 6.97. The summed E-state index contributed by atoms with van der Waals surface area (Å²) in [4.78, 5) is 5.99. The van der Waals surface area contributed by atoms with Crippen LogP contribution in [0.4, 0.5) is 10.2 Å². The van der Waals surface area contributed by atoms with Gasteiger partial charge in [-0.25, -0.2) is 22.5 Å². The topological polar surface area (TPSA) is 91.8 Å². The standard InChI is InChI=1S/C23H30FN3O4S/c1-32(29,30)26-20-11-12-27(23-13-22(28)19(24)14-25-23)21(20)15-31-18-9-7-17(8-10-18)16-5-3-2-4-6-16/h2-6,13-14,17-18,20-21,26H,7-12,15H2,1H3,(H,25,28)/t17-,18+,20-,21-/m0/s1. The van der Waals surface area contributed by atoms with Crippen LogP contribution in [0.3, 0.4) is 0 Å². The Hall–Kier alpha value is -2.23. The molecule has 1 saturated carbocycles. The van der Waals surface area contributed by atoms with Gasteiger partial charge in [0, 0.05) is 18.7 Å². The molecule has 2 heterocycles. The molecule has 0 spiro atoms. The number of sulfonamides is 1. The van der Waals surface area contributed by atoms with E-state index < -0.39 is 21.6 Å². The van der Waals surface area contributed by atoms with E-state index in [1.165, 1.54) is 11.6 Å². The maximum atomic E-state index is 13.5. The van der Waals surface area contributed by atoms with Gasteiger partial charge >= 0.3 is 0 Å². The Morgan fingerprint density at radius 1 is 1.19 bits per heavy atom. The Labute approximate surface area is 188 Å². The average molecular weight is 464 g/mol. The quantitative estimate of drug-likeness (QED) is 0.655. The summed E-state index contributed by atoms with van der Waals surface area (Å²) in [5, 5.41) is 9.77. The van der Waals surface area contributed by atoms with Crippen molar-refractivity contribution in [2.45, 2.75) is 56.2 Å². The molecule has 9 heteroatoms. The highest BCUT2D eigenvalue weighted by atomic mass is 32.2. The van der Waals surface area contributed by atoms with E-state index >= 15 is 0 Å². The van der Waals surface area contributed by atoms with Crippen molar-refractivity contribution in [3.8, 4) is 5.75 Å². The molecule has 4 rings (SSSR count). The number of rotatable bonds is 7. The van der Waals surface area contributed by atoms with Gasteiger partial charge in [0.15, 0.2) is 11.6 Å². The molecule has 7 nitrogen and oxygen atoms in total. The van der Waals surface area contributed by atoms with Gasteiger partial charge in [-0.05, 0) is 43.6 Å². The van der Waals surface area contributed by atoms with Crippen LogP contribution >= 0.6 is 0 Å². The Morgan fingerprint density at radius 3 is 2.56 bits per heavy atom. The lowest BCUT2D eigenvalue weighted by Gasteiger charge is -2.33.